The van der Waals surface area contributed by atoms with Crippen LogP contribution >= 0.6 is 0 Å². The van der Waals surface area contributed by atoms with Crippen LogP contribution < -0.4 is 4.90 Å². The van der Waals surface area contributed by atoms with Crippen LogP contribution in [0, 0.1) is 0 Å². The van der Waals surface area contributed by atoms with E-state index in [4.69, 9.17) is 0 Å². The number of para-hydroxylation sites is 1. The summed E-state index contributed by atoms with van der Waals surface area (Å²) in [7, 11) is 0. The molecule has 0 saturated heterocycles. The minimum Gasteiger partial charge on any atom is -0.310 e. The molecule has 2 aliphatic rings. The molecular weight excluding hydrogens is 518 g/mol. The Kier molecular flexibility index (Phi) is 5.59. The third-order valence-corrected chi connectivity index (χ3v) is 9.82. The lowest BCUT2D eigenvalue weighted by molar-refractivity contribution is 0.627. The second-order valence-corrected chi connectivity index (χ2v) is 13.1. The van der Waals surface area contributed by atoms with Crippen LogP contribution in [0.3, 0.4) is 0 Å². The Hall–Kier alpha value is -4.88. The van der Waals surface area contributed by atoms with E-state index in [1.54, 1.807) is 0 Å². The van der Waals surface area contributed by atoms with Gasteiger partial charge in [-0.3, -0.25) is 0 Å². The average Bonchev–Trinajstić information content (AvgIpc) is 3.27. The van der Waals surface area contributed by atoms with Gasteiger partial charge in [0.25, 0.3) is 0 Å². The molecule has 0 radical (unpaired) electrons. The van der Waals surface area contributed by atoms with E-state index in [0.29, 0.717) is 0 Å². The van der Waals surface area contributed by atoms with Gasteiger partial charge in [0.2, 0.25) is 0 Å². The molecule has 1 heteroatoms. The van der Waals surface area contributed by atoms with Crippen molar-refractivity contribution in [3.63, 3.8) is 0 Å². The number of fused-ring (bicyclic) bond motifs is 5. The molecule has 1 aliphatic carbocycles. The van der Waals surface area contributed by atoms with Crippen molar-refractivity contribution in [1.29, 1.82) is 0 Å². The molecule has 0 spiro atoms. The Labute approximate surface area is 255 Å². The largest absolute Gasteiger partial charge is 0.310 e. The van der Waals surface area contributed by atoms with Crippen molar-refractivity contribution in [3.05, 3.63) is 162 Å². The lowest BCUT2D eigenvalue weighted by Gasteiger charge is -2.43. The summed E-state index contributed by atoms with van der Waals surface area (Å²) < 4.78 is 0. The highest BCUT2D eigenvalue weighted by Gasteiger charge is 2.42. The summed E-state index contributed by atoms with van der Waals surface area (Å²) in [4.78, 5) is 2.52. The molecule has 0 aromatic heterocycles. The van der Waals surface area contributed by atoms with Crippen LogP contribution in [-0.4, -0.2) is 0 Å². The molecule has 0 amide bonds. The van der Waals surface area contributed by atoms with E-state index in [1.807, 2.05) is 0 Å². The SMILES string of the molecule is CC1(C)c2ccccc2-c2cc3c(cc21)N(c1cc(-c2ccccc2)cc(-c2ccccc2)c1)c1ccccc1C3(C)C. The Morgan fingerprint density at radius 1 is 0.372 bits per heavy atom. The second-order valence-electron chi connectivity index (χ2n) is 13.1. The zero-order valence-electron chi connectivity index (χ0n) is 25.2. The lowest BCUT2D eigenvalue weighted by Crippen LogP contribution is -2.31. The molecule has 43 heavy (non-hydrogen) atoms. The monoisotopic (exact) mass is 553 g/mol. The van der Waals surface area contributed by atoms with Crippen molar-refractivity contribution in [2.24, 2.45) is 0 Å². The zero-order chi connectivity index (χ0) is 29.3. The summed E-state index contributed by atoms with van der Waals surface area (Å²) in [6.07, 6.45) is 0. The van der Waals surface area contributed by atoms with Crippen molar-refractivity contribution in [1.82, 2.24) is 0 Å². The molecule has 0 saturated carbocycles. The number of benzene rings is 6. The maximum atomic E-state index is 2.52. The fraction of sp³-hybridized carbons (Fsp3) is 0.143. The van der Waals surface area contributed by atoms with Gasteiger partial charge in [-0.15, -0.1) is 0 Å². The van der Waals surface area contributed by atoms with Gasteiger partial charge in [-0.05, 0) is 92.0 Å². The Morgan fingerprint density at radius 2 is 0.907 bits per heavy atom. The van der Waals surface area contributed by atoms with Crippen molar-refractivity contribution in [2.75, 3.05) is 4.90 Å². The molecule has 0 atom stereocenters. The van der Waals surface area contributed by atoms with E-state index >= 15 is 0 Å². The molecule has 208 valence electrons. The number of rotatable bonds is 3. The van der Waals surface area contributed by atoms with E-state index in [0.717, 1.165) is 0 Å². The summed E-state index contributed by atoms with van der Waals surface area (Å²) in [5.41, 5.74) is 16.6. The van der Waals surface area contributed by atoms with Crippen molar-refractivity contribution >= 4 is 17.1 Å². The molecule has 0 fully saturated rings. The third kappa shape index (κ3) is 3.85. The number of nitrogens with zero attached hydrogens (tertiary/aromatic N) is 1. The summed E-state index contributed by atoms with van der Waals surface area (Å²) >= 11 is 0. The number of hydrogen-bond acceptors (Lipinski definition) is 1. The van der Waals surface area contributed by atoms with Crippen molar-refractivity contribution in [2.45, 2.75) is 38.5 Å². The van der Waals surface area contributed by atoms with Gasteiger partial charge in [-0.25, -0.2) is 0 Å². The molecule has 1 aliphatic heterocycles. The van der Waals surface area contributed by atoms with Crippen molar-refractivity contribution in [3.8, 4) is 33.4 Å². The molecule has 1 nitrogen and oxygen atoms in total. The first-order chi connectivity index (χ1) is 20.8. The first kappa shape index (κ1) is 25.8. The minimum atomic E-state index is -0.154. The summed E-state index contributed by atoms with van der Waals surface area (Å²) in [5, 5.41) is 0. The van der Waals surface area contributed by atoms with Crippen LogP contribution in [0.2, 0.25) is 0 Å². The number of anilines is 3. The third-order valence-electron chi connectivity index (χ3n) is 9.82. The van der Waals surface area contributed by atoms with Crippen LogP contribution in [-0.2, 0) is 10.8 Å². The average molecular weight is 554 g/mol. The normalized spacial score (nSPS) is 15.3. The van der Waals surface area contributed by atoms with E-state index in [2.05, 4.69) is 172 Å². The maximum absolute atomic E-state index is 2.52. The maximum Gasteiger partial charge on any atom is 0.0506 e. The minimum absolute atomic E-state index is 0.0746. The quantitative estimate of drug-likeness (QED) is 0.211. The molecule has 0 unspecified atom stereocenters. The summed E-state index contributed by atoms with van der Waals surface area (Å²) in [6, 6.07) is 51.5. The Balaban J connectivity index is 1.43. The van der Waals surface area contributed by atoms with E-state index in [1.165, 1.54) is 72.7 Å². The first-order valence-electron chi connectivity index (χ1n) is 15.3. The van der Waals surface area contributed by atoms with Gasteiger partial charge in [0.15, 0.2) is 0 Å². The summed E-state index contributed by atoms with van der Waals surface area (Å²) in [6.45, 7) is 9.52. The van der Waals surface area contributed by atoms with Gasteiger partial charge >= 0.3 is 0 Å². The van der Waals surface area contributed by atoms with Crippen molar-refractivity contribution < 1.29 is 0 Å². The molecule has 1 heterocycles. The van der Waals surface area contributed by atoms with Crippen LogP contribution in [0.15, 0.2) is 140 Å². The molecule has 0 bridgehead atoms. The van der Waals surface area contributed by atoms with Crippen LogP contribution in [0.25, 0.3) is 33.4 Å². The fourth-order valence-corrected chi connectivity index (χ4v) is 7.51. The first-order valence-corrected chi connectivity index (χ1v) is 15.3. The van der Waals surface area contributed by atoms with E-state index < -0.39 is 0 Å². The highest BCUT2D eigenvalue weighted by molar-refractivity contribution is 5.93. The van der Waals surface area contributed by atoms with E-state index in [9.17, 15) is 0 Å². The predicted molar refractivity (Wildman–Crippen MR) is 182 cm³/mol. The second kappa shape index (κ2) is 9.31. The van der Waals surface area contributed by atoms with Gasteiger partial charge in [0, 0.05) is 16.5 Å². The molecule has 6 aromatic rings. The summed E-state index contributed by atoms with van der Waals surface area (Å²) in [5.74, 6) is 0. The van der Waals surface area contributed by atoms with Gasteiger partial charge < -0.3 is 4.90 Å². The van der Waals surface area contributed by atoms with Gasteiger partial charge in [0.05, 0.1) is 11.4 Å². The lowest BCUT2D eigenvalue weighted by atomic mass is 9.71. The fourth-order valence-electron chi connectivity index (χ4n) is 7.51. The highest BCUT2D eigenvalue weighted by Crippen LogP contribution is 2.57. The van der Waals surface area contributed by atoms with Crippen LogP contribution in [0.4, 0.5) is 17.1 Å². The predicted octanol–water partition coefficient (Wildman–Crippen LogP) is 11.4. The smallest absolute Gasteiger partial charge is 0.0506 e. The number of hydrogen-bond donors (Lipinski definition) is 0. The van der Waals surface area contributed by atoms with Gasteiger partial charge in [-0.1, -0.05) is 131 Å². The Morgan fingerprint density at radius 3 is 1.56 bits per heavy atom. The standard InChI is InChI=1S/C42H35N/c1-41(2)35-20-12-11-19-33(35)34-26-38-40(27-37(34)41)43(39-22-14-13-21-36(39)42(38,3)4)32-24-30(28-15-7-5-8-16-28)23-31(25-32)29-17-9-6-10-18-29/h5-27H,1-4H3. The van der Waals surface area contributed by atoms with Crippen LogP contribution in [0.1, 0.15) is 49.9 Å². The molecule has 6 aromatic carbocycles. The zero-order valence-corrected chi connectivity index (χ0v) is 25.2. The topological polar surface area (TPSA) is 3.24 Å². The van der Waals surface area contributed by atoms with E-state index in [-0.39, 0.29) is 10.8 Å². The van der Waals surface area contributed by atoms with Gasteiger partial charge in [0.1, 0.15) is 0 Å². The van der Waals surface area contributed by atoms with Crippen LogP contribution in [0.5, 0.6) is 0 Å². The van der Waals surface area contributed by atoms with Gasteiger partial charge in [-0.2, -0.15) is 0 Å². The highest BCUT2D eigenvalue weighted by atomic mass is 15.2. The molecule has 8 rings (SSSR count). The molecule has 0 N–H and O–H groups in total. The molecular formula is C42H35N. The Bertz CT molecular complexity index is 1960.